The van der Waals surface area contributed by atoms with E-state index in [2.05, 4.69) is 4.98 Å². The van der Waals surface area contributed by atoms with Gasteiger partial charge in [0.05, 0.1) is 18.3 Å². The predicted octanol–water partition coefficient (Wildman–Crippen LogP) is 2.66. The van der Waals surface area contributed by atoms with Gasteiger partial charge < -0.3 is 9.84 Å². The molecule has 0 saturated heterocycles. The Hall–Kier alpha value is -1.95. The molecule has 2 rings (SSSR count). The van der Waals surface area contributed by atoms with Crippen LogP contribution in [-0.2, 0) is 0 Å². The van der Waals surface area contributed by atoms with Crippen molar-refractivity contribution in [3.63, 3.8) is 0 Å². The van der Waals surface area contributed by atoms with Gasteiger partial charge in [-0.05, 0) is 12.1 Å². The number of nitrogens with zero attached hydrogens (tertiary/aromatic N) is 1. The van der Waals surface area contributed by atoms with Crippen LogP contribution in [0, 0.1) is 5.82 Å². The summed E-state index contributed by atoms with van der Waals surface area (Å²) in [5, 5.41) is 8.96. The fourth-order valence-electron chi connectivity index (χ4n) is 1.42. The molecular weight excluding hydrogens is 245 g/mol. The maximum atomic E-state index is 13.3. The first kappa shape index (κ1) is 11.5. The second-order valence-electron chi connectivity index (χ2n) is 3.21. The summed E-state index contributed by atoms with van der Waals surface area (Å²) < 4.78 is 18.2. The number of carboxylic acids is 1. The highest BCUT2D eigenvalue weighted by molar-refractivity contribution is 7.12. The number of hydrogen-bond donors (Lipinski definition) is 1. The molecule has 4 nitrogen and oxygen atoms in total. The quantitative estimate of drug-likeness (QED) is 0.913. The van der Waals surface area contributed by atoms with Crippen LogP contribution in [0.15, 0.2) is 23.7 Å². The van der Waals surface area contributed by atoms with Crippen molar-refractivity contribution in [2.75, 3.05) is 7.11 Å². The summed E-state index contributed by atoms with van der Waals surface area (Å²) in [5.41, 5.74) is 2.05. The van der Waals surface area contributed by atoms with Gasteiger partial charge in [-0.2, -0.15) is 0 Å². The van der Waals surface area contributed by atoms with Gasteiger partial charge in [0.25, 0.3) is 0 Å². The number of aromatic nitrogens is 1. The minimum absolute atomic E-state index is 0.0812. The maximum Gasteiger partial charge on any atom is 0.348 e. The van der Waals surface area contributed by atoms with Crippen LogP contribution in [0.5, 0.6) is 5.75 Å². The molecule has 1 aromatic carbocycles. The van der Waals surface area contributed by atoms with E-state index >= 15 is 0 Å². The summed E-state index contributed by atoms with van der Waals surface area (Å²) in [4.78, 5) is 15.0. The van der Waals surface area contributed by atoms with Crippen molar-refractivity contribution < 1.29 is 19.0 Å². The standard InChI is InChI=1S/C11H8FNO3S/c1-16-8-3-6(2-7(12)4-8)9-10(11(14)15)17-5-13-9/h2-5H,1H3,(H,14,15). The van der Waals surface area contributed by atoms with Crippen molar-refractivity contribution in [1.29, 1.82) is 0 Å². The van der Waals surface area contributed by atoms with Crippen molar-refractivity contribution in [1.82, 2.24) is 4.98 Å². The molecular formula is C11H8FNO3S. The van der Waals surface area contributed by atoms with Gasteiger partial charge in [0.1, 0.15) is 16.4 Å². The number of hydrogen-bond acceptors (Lipinski definition) is 4. The van der Waals surface area contributed by atoms with Crippen molar-refractivity contribution >= 4 is 17.3 Å². The minimum atomic E-state index is -1.08. The molecule has 0 spiro atoms. The molecule has 1 N–H and O–H groups in total. The van der Waals surface area contributed by atoms with E-state index in [1.807, 2.05) is 0 Å². The first-order chi connectivity index (χ1) is 8.11. The number of thiazole rings is 1. The molecule has 0 aliphatic carbocycles. The molecule has 0 unspecified atom stereocenters. The number of methoxy groups -OCH3 is 1. The van der Waals surface area contributed by atoms with Gasteiger partial charge >= 0.3 is 5.97 Å². The Morgan fingerprint density at radius 1 is 1.47 bits per heavy atom. The van der Waals surface area contributed by atoms with Crippen molar-refractivity contribution in [3.8, 4) is 17.0 Å². The molecule has 0 amide bonds. The second-order valence-corrected chi connectivity index (χ2v) is 4.07. The Balaban J connectivity index is 2.56. The van der Waals surface area contributed by atoms with Crippen LogP contribution in [0.3, 0.4) is 0 Å². The van der Waals surface area contributed by atoms with Crippen LogP contribution in [0.1, 0.15) is 9.67 Å². The molecule has 1 aromatic heterocycles. The van der Waals surface area contributed by atoms with E-state index in [1.54, 1.807) is 6.07 Å². The molecule has 0 aliphatic heterocycles. The van der Waals surface area contributed by atoms with Crippen LogP contribution >= 0.6 is 11.3 Å². The van der Waals surface area contributed by atoms with Gasteiger partial charge in [0.15, 0.2) is 0 Å². The molecule has 0 atom stereocenters. The maximum absolute atomic E-state index is 13.3. The highest BCUT2D eigenvalue weighted by Crippen LogP contribution is 2.29. The van der Waals surface area contributed by atoms with Crippen LogP contribution in [0.25, 0.3) is 11.3 Å². The lowest BCUT2D eigenvalue weighted by Gasteiger charge is -2.04. The summed E-state index contributed by atoms with van der Waals surface area (Å²) >= 11 is 0.998. The predicted molar refractivity (Wildman–Crippen MR) is 61.0 cm³/mol. The van der Waals surface area contributed by atoms with Gasteiger partial charge in [-0.15, -0.1) is 11.3 Å². The van der Waals surface area contributed by atoms with Crippen molar-refractivity contribution in [3.05, 3.63) is 34.4 Å². The summed E-state index contributed by atoms with van der Waals surface area (Å²) in [6, 6.07) is 3.99. The molecule has 17 heavy (non-hydrogen) atoms. The lowest BCUT2D eigenvalue weighted by atomic mass is 10.1. The number of carboxylic acid groups (broad SMARTS) is 1. The smallest absolute Gasteiger partial charge is 0.348 e. The Kier molecular flexibility index (Phi) is 3.06. The van der Waals surface area contributed by atoms with E-state index in [1.165, 1.54) is 24.8 Å². The number of aromatic carboxylic acids is 1. The molecule has 88 valence electrons. The highest BCUT2D eigenvalue weighted by Gasteiger charge is 2.16. The van der Waals surface area contributed by atoms with Crippen LogP contribution in [0.4, 0.5) is 4.39 Å². The molecule has 0 bridgehead atoms. The topological polar surface area (TPSA) is 59.4 Å². The van der Waals surface area contributed by atoms with E-state index in [0.29, 0.717) is 11.3 Å². The number of carbonyl (C=O) groups is 1. The fraction of sp³-hybridized carbons (Fsp3) is 0.0909. The summed E-state index contributed by atoms with van der Waals surface area (Å²) in [6.45, 7) is 0. The van der Waals surface area contributed by atoms with Crippen LogP contribution in [-0.4, -0.2) is 23.2 Å². The Morgan fingerprint density at radius 2 is 2.24 bits per heavy atom. The molecule has 0 radical (unpaired) electrons. The van der Waals surface area contributed by atoms with Gasteiger partial charge in [0.2, 0.25) is 0 Å². The Morgan fingerprint density at radius 3 is 2.88 bits per heavy atom. The summed E-state index contributed by atoms with van der Waals surface area (Å²) in [7, 11) is 1.41. The van der Waals surface area contributed by atoms with Gasteiger partial charge in [-0.1, -0.05) is 0 Å². The SMILES string of the molecule is COc1cc(F)cc(-c2ncsc2C(=O)O)c1. The third-order valence-corrected chi connectivity index (χ3v) is 2.96. The number of ether oxygens (including phenoxy) is 1. The lowest BCUT2D eigenvalue weighted by Crippen LogP contribution is -1.96. The largest absolute Gasteiger partial charge is 0.497 e. The van der Waals surface area contributed by atoms with E-state index in [4.69, 9.17) is 9.84 Å². The molecule has 0 saturated carbocycles. The fourth-order valence-corrected chi connectivity index (χ4v) is 2.07. The average Bonchev–Trinajstić information content (AvgIpc) is 2.77. The molecule has 6 heteroatoms. The number of halogens is 1. The van der Waals surface area contributed by atoms with E-state index in [9.17, 15) is 9.18 Å². The molecule has 0 aliphatic rings. The van der Waals surface area contributed by atoms with E-state index in [-0.39, 0.29) is 10.6 Å². The zero-order valence-electron chi connectivity index (χ0n) is 8.81. The average molecular weight is 253 g/mol. The number of rotatable bonds is 3. The molecule has 1 heterocycles. The lowest BCUT2D eigenvalue weighted by molar-refractivity contribution is 0.0702. The zero-order chi connectivity index (χ0) is 12.4. The van der Waals surface area contributed by atoms with Gasteiger partial charge in [-0.25, -0.2) is 14.2 Å². The van der Waals surface area contributed by atoms with E-state index < -0.39 is 11.8 Å². The number of benzene rings is 1. The Bertz CT molecular complexity index is 568. The Labute approximate surface area is 100 Å². The third kappa shape index (κ3) is 2.26. The summed E-state index contributed by atoms with van der Waals surface area (Å²) in [6.07, 6.45) is 0. The van der Waals surface area contributed by atoms with E-state index in [0.717, 1.165) is 11.3 Å². The molecule has 0 fully saturated rings. The summed E-state index contributed by atoms with van der Waals surface area (Å²) in [5.74, 6) is -1.25. The van der Waals surface area contributed by atoms with Crippen LogP contribution in [0.2, 0.25) is 0 Å². The molecule has 2 aromatic rings. The highest BCUT2D eigenvalue weighted by atomic mass is 32.1. The van der Waals surface area contributed by atoms with Crippen LogP contribution < -0.4 is 4.74 Å². The van der Waals surface area contributed by atoms with Crippen molar-refractivity contribution in [2.45, 2.75) is 0 Å². The van der Waals surface area contributed by atoms with Gasteiger partial charge in [-0.3, -0.25) is 0 Å². The third-order valence-electron chi connectivity index (χ3n) is 2.14. The first-order valence-corrected chi connectivity index (χ1v) is 5.51. The second kappa shape index (κ2) is 4.50. The first-order valence-electron chi connectivity index (χ1n) is 4.63. The zero-order valence-corrected chi connectivity index (χ0v) is 9.62. The van der Waals surface area contributed by atoms with Crippen molar-refractivity contribution in [2.24, 2.45) is 0 Å². The normalized spacial score (nSPS) is 10.2. The van der Waals surface area contributed by atoms with Gasteiger partial charge in [0, 0.05) is 11.6 Å². The minimum Gasteiger partial charge on any atom is -0.497 e. The monoisotopic (exact) mass is 253 g/mol.